The number of nitrogens with two attached hydrogens (primary N) is 1. The molecule has 4 N–H and O–H groups in total. The van der Waals surface area contributed by atoms with Crippen molar-refractivity contribution in [3.8, 4) is 0 Å². The minimum Gasteiger partial charge on any atom is -0.350 e. The molecule has 0 fully saturated rings. The molecule has 5 heteroatoms. The molecule has 0 aromatic heterocycles. The van der Waals surface area contributed by atoms with Gasteiger partial charge in [0, 0.05) is 0 Å². The molecule has 0 bridgehead atoms. The second-order valence-electron chi connectivity index (χ2n) is 3.14. The number of aryl methyl sites for hydroxylation is 1. The monoisotopic (exact) mass is 207 g/mol. The minimum absolute atomic E-state index is 0.215. The first-order valence-corrected chi connectivity index (χ1v) is 4.48. The van der Waals surface area contributed by atoms with Gasteiger partial charge in [-0.05, 0) is 18.1 Å². The average molecular weight is 207 g/mol. The Kier molecular flexibility index (Phi) is 3.68. The van der Waals surface area contributed by atoms with Crippen molar-refractivity contribution in [3.05, 3.63) is 35.4 Å². The van der Waals surface area contributed by atoms with Crippen molar-refractivity contribution >= 4 is 11.9 Å². The zero-order chi connectivity index (χ0) is 11.3. The Morgan fingerprint density at radius 1 is 1.27 bits per heavy atom. The predicted molar refractivity (Wildman–Crippen MR) is 55.7 cm³/mol. The lowest BCUT2D eigenvalue weighted by molar-refractivity contribution is -0.121. The third-order valence-electron chi connectivity index (χ3n) is 1.94. The first kappa shape index (κ1) is 11.0. The van der Waals surface area contributed by atoms with Crippen LogP contribution in [0.4, 0.5) is 4.79 Å². The van der Waals surface area contributed by atoms with Crippen molar-refractivity contribution in [1.82, 2.24) is 10.9 Å². The highest BCUT2D eigenvalue weighted by atomic mass is 16.2. The number of hydrogen-bond donors (Lipinski definition) is 3. The zero-order valence-corrected chi connectivity index (χ0v) is 8.41. The summed E-state index contributed by atoms with van der Waals surface area (Å²) in [6.45, 7) is 1.92. The van der Waals surface area contributed by atoms with Gasteiger partial charge >= 0.3 is 6.03 Å². The van der Waals surface area contributed by atoms with E-state index in [1.54, 1.807) is 0 Å². The molecule has 0 aliphatic heterocycles. The average Bonchev–Trinajstić information content (AvgIpc) is 2.18. The fourth-order valence-electron chi connectivity index (χ4n) is 1.16. The molecule has 0 heterocycles. The van der Waals surface area contributed by atoms with E-state index in [1.807, 2.05) is 36.6 Å². The van der Waals surface area contributed by atoms with Gasteiger partial charge < -0.3 is 5.73 Å². The van der Waals surface area contributed by atoms with Gasteiger partial charge in [0.15, 0.2) is 0 Å². The number of amides is 3. The van der Waals surface area contributed by atoms with Crippen molar-refractivity contribution in [3.63, 3.8) is 0 Å². The molecule has 0 aliphatic rings. The van der Waals surface area contributed by atoms with E-state index in [0.29, 0.717) is 0 Å². The normalized spacial score (nSPS) is 9.40. The largest absolute Gasteiger partial charge is 0.350 e. The quantitative estimate of drug-likeness (QED) is 0.607. The van der Waals surface area contributed by atoms with Gasteiger partial charge in [-0.1, -0.05) is 24.3 Å². The number of benzene rings is 1. The van der Waals surface area contributed by atoms with Gasteiger partial charge in [-0.25, -0.2) is 10.2 Å². The number of rotatable bonds is 2. The molecule has 1 aromatic rings. The Morgan fingerprint density at radius 2 is 1.93 bits per heavy atom. The highest BCUT2D eigenvalue weighted by molar-refractivity contribution is 5.82. The summed E-state index contributed by atoms with van der Waals surface area (Å²) in [5, 5.41) is 0. The second kappa shape index (κ2) is 4.99. The Morgan fingerprint density at radius 3 is 2.53 bits per heavy atom. The molecule has 0 spiro atoms. The predicted octanol–water partition coefficient (Wildman–Crippen LogP) is 0.237. The van der Waals surface area contributed by atoms with Gasteiger partial charge in [-0.3, -0.25) is 10.2 Å². The van der Waals surface area contributed by atoms with Crippen LogP contribution in [0, 0.1) is 6.92 Å². The molecule has 1 aromatic carbocycles. The SMILES string of the molecule is Cc1ccccc1CC(=O)NNC(N)=O. The van der Waals surface area contributed by atoms with Crippen molar-refractivity contribution in [1.29, 1.82) is 0 Å². The lowest BCUT2D eigenvalue weighted by atomic mass is 10.1. The molecule has 80 valence electrons. The van der Waals surface area contributed by atoms with Crippen LogP contribution in [0.25, 0.3) is 0 Å². The van der Waals surface area contributed by atoms with Crippen LogP contribution in [0.15, 0.2) is 24.3 Å². The van der Waals surface area contributed by atoms with Gasteiger partial charge in [0.05, 0.1) is 6.42 Å². The van der Waals surface area contributed by atoms with Crippen molar-refractivity contribution in [2.24, 2.45) is 5.73 Å². The van der Waals surface area contributed by atoms with Crippen LogP contribution in [-0.2, 0) is 11.2 Å². The third kappa shape index (κ3) is 3.68. The Hall–Kier alpha value is -2.04. The van der Waals surface area contributed by atoms with Crippen LogP contribution >= 0.6 is 0 Å². The summed E-state index contributed by atoms with van der Waals surface area (Å²) >= 11 is 0. The number of urea groups is 1. The van der Waals surface area contributed by atoms with E-state index >= 15 is 0 Å². The zero-order valence-electron chi connectivity index (χ0n) is 8.41. The van der Waals surface area contributed by atoms with Gasteiger partial charge in [0.25, 0.3) is 0 Å². The molecule has 0 radical (unpaired) electrons. The van der Waals surface area contributed by atoms with Crippen LogP contribution in [0.5, 0.6) is 0 Å². The smallest absolute Gasteiger partial charge is 0.330 e. The molecule has 0 atom stereocenters. The van der Waals surface area contributed by atoms with E-state index in [4.69, 9.17) is 5.73 Å². The molecule has 0 saturated carbocycles. The van der Waals surface area contributed by atoms with Gasteiger partial charge in [0.2, 0.25) is 5.91 Å². The molecule has 3 amide bonds. The summed E-state index contributed by atoms with van der Waals surface area (Å²) in [5.74, 6) is -0.303. The maximum Gasteiger partial charge on any atom is 0.330 e. The van der Waals surface area contributed by atoms with Crippen molar-refractivity contribution in [2.45, 2.75) is 13.3 Å². The third-order valence-corrected chi connectivity index (χ3v) is 1.94. The van der Waals surface area contributed by atoms with Crippen molar-refractivity contribution in [2.75, 3.05) is 0 Å². The van der Waals surface area contributed by atoms with E-state index in [9.17, 15) is 9.59 Å². The van der Waals surface area contributed by atoms with Crippen LogP contribution in [0.2, 0.25) is 0 Å². The summed E-state index contributed by atoms with van der Waals surface area (Å²) in [4.78, 5) is 21.6. The van der Waals surface area contributed by atoms with Crippen LogP contribution in [0.3, 0.4) is 0 Å². The molecule has 15 heavy (non-hydrogen) atoms. The molecular weight excluding hydrogens is 194 g/mol. The maximum absolute atomic E-state index is 11.3. The van der Waals surface area contributed by atoms with Crippen molar-refractivity contribution < 1.29 is 9.59 Å². The number of nitrogens with one attached hydrogen (secondary N) is 2. The summed E-state index contributed by atoms with van der Waals surface area (Å²) < 4.78 is 0. The molecule has 1 rings (SSSR count). The van der Waals surface area contributed by atoms with E-state index < -0.39 is 6.03 Å². The number of carbonyl (C=O) groups is 2. The van der Waals surface area contributed by atoms with Gasteiger partial charge in [-0.2, -0.15) is 0 Å². The summed E-state index contributed by atoms with van der Waals surface area (Å²) in [6.07, 6.45) is 0.215. The fourth-order valence-corrected chi connectivity index (χ4v) is 1.16. The summed E-state index contributed by atoms with van der Waals surface area (Å²) in [7, 11) is 0. The molecule has 0 saturated heterocycles. The Bertz CT molecular complexity index is 377. The highest BCUT2D eigenvalue weighted by Gasteiger charge is 2.05. The van der Waals surface area contributed by atoms with E-state index in [2.05, 4.69) is 5.43 Å². The summed E-state index contributed by atoms with van der Waals surface area (Å²) in [6, 6.07) is 6.76. The molecule has 0 aliphatic carbocycles. The molecule has 5 nitrogen and oxygen atoms in total. The van der Waals surface area contributed by atoms with Crippen LogP contribution < -0.4 is 16.6 Å². The Labute approximate surface area is 87.6 Å². The van der Waals surface area contributed by atoms with Crippen LogP contribution in [-0.4, -0.2) is 11.9 Å². The first-order chi connectivity index (χ1) is 7.09. The lowest BCUT2D eigenvalue weighted by Crippen LogP contribution is -2.45. The number of hydrazine groups is 1. The first-order valence-electron chi connectivity index (χ1n) is 4.48. The minimum atomic E-state index is -0.784. The summed E-state index contributed by atoms with van der Waals surface area (Å²) in [5.41, 5.74) is 11.0. The topological polar surface area (TPSA) is 84.2 Å². The number of hydrogen-bond acceptors (Lipinski definition) is 2. The molecular formula is C10H13N3O2. The van der Waals surface area contributed by atoms with E-state index in [0.717, 1.165) is 11.1 Å². The molecule has 0 unspecified atom stereocenters. The Balaban J connectivity index is 2.52. The maximum atomic E-state index is 11.3. The second-order valence-corrected chi connectivity index (χ2v) is 3.14. The standard InChI is InChI=1S/C10H13N3O2/c1-7-4-2-3-5-8(7)6-9(14)12-13-10(11)15/h2-5H,6H2,1H3,(H,12,14)(H3,11,13,15). The van der Waals surface area contributed by atoms with E-state index in [-0.39, 0.29) is 12.3 Å². The fraction of sp³-hybridized carbons (Fsp3) is 0.200. The lowest BCUT2D eigenvalue weighted by Gasteiger charge is -2.06. The van der Waals surface area contributed by atoms with E-state index in [1.165, 1.54) is 0 Å². The van der Waals surface area contributed by atoms with Gasteiger partial charge in [-0.15, -0.1) is 0 Å². The van der Waals surface area contributed by atoms with Gasteiger partial charge in [0.1, 0.15) is 0 Å². The highest BCUT2D eigenvalue weighted by Crippen LogP contribution is 2.06. The number of primary amides is 1. The number of carbonyl (C=O) groups excluding carboxylic acids is 2. The van der Waals surface area contributed by atoms with Crippen LogP contribution in [0.1, 0.15) is 11.1 Å².